The van der Waals surface area contributed by atoms with Crippen LogP contribution in [0.5, 0.6) is 5.75 Å². The number of nitrogens with one attached hydrogen (secondary N) is 2. The number of hydrogen-bond acceptors (Lipinski definition) is 5. The molecule has 33 heavy (non-hydrogen) atoms. The van der Waals surface area contributed by atoms with Crippen molar-refractivity contribution in [2.24, 2.45) is 11.3 Å². The normalized spacial score (nSPS) is 20.9. The maximum absolute atomic E-state index is 14.5. The Kier molecular flexibility index (Phi) is 6.27. The van der Waals surface area contributed by atoms with Gasteiger partial charge in [-0.05, 0) is 50.3 Å². The number of carbonyl (C=O) groups is 2. The highest BCUT2D eigenvalue weighted by atomic mass is 19.1. The van der Waals surface area contributed by atoms with Crippen LogP contribution < -0.4 is 15.4 Å². The number of carbonyl (C=O) groups excluding carboxylic acids is 2. The minimum absolute atomic E-state index is 0.122. The molecule has 2 atom stereocenters. The van der Waals surface area contributed by atoms with Crippen LogP contribution in [0.15, 0.2) is 30.5 Å². The zero-order chi connectivity index (χ0) is 23.6. The molecule has 0 aliphatic heterocycles. The summed E-state index contributed by atoms with van der Waals surface area (Å²) in [5.74, 6) is -1.70. The van der Waals surface area contributed by atoms with Gasteiger partial charge in [0.1, 0.15) is 28.6 Å². The maximum atomic E-state index is 14.5. The molecule has 1 aromatic carbocycles. The van der Waals surface area contributed by atoms with Crippen LogP contribution in [-0.2, 0) is 9.59 Å². The Morgan fingerprint density at radius 1 is 1.21 bits per heavy atom. The van der Waals surface area contributed by atoms with Gasteiger partial charge in [0, 0.05) is 29.2 Å². The molecule has 2 unspecified atom stereocenters. The molecule has 7 nitrogen and oxygen atoms in total. The molecular formula is C24H24F2N4O3. The first-order valence-electron chi connectivity index (χ1n) is 10.9. The average molecular weight is 454 g/mol. The van der Waals surface area contributed by atoms with E-state index in [1.165, 1.54) is 25.3 Å². The second-order valence-electron chi connectivity index (χ2n) is 8.61. The highest BCUT2D eigenvalue weighted by molar-refractivity contribution is 5.93. The van der Waals surface area contributed by atoms with Gasteiger partial charge in [-0.2, -0.15) is 5.26 Å². The molecule has 1 heterocycles. The highest BCUT2D eigenvalue weighted by Crippen LogP contribution is 2.45. The van der Waals surface area contributed by atoms with Crippen LogP contribution in [0.2, 0.25) is 0 Å². The Morgan fingerprint density at radius 3 is 2.70 bits per heavy atom. The number of hydrogen-bond donors (Lipinski definition) is 2. The van der Waals surface area contributed by atoms with E-state index in [1.54, 1.807) is 0 Å². The average Bonchev–Trinajstić information content (AvgIpc) is 3.62. The van der Waals surface area contributed by atoms with E-state index in [9.17, 15) is 23.6 Å². The van der Waals surface area contributed by atoms with E-state index in [-0.39, 0.29) is 40.9 Å². The number of ether oxygens (including phenoxy) is 1. The summed E-state index contributed by atoms with van der Waals surface area (Å²) < 4.78 is 33.2. The zero-order valence-corrected chi connectivity index (χ0v) is 18.2. The van der Waals surface area contributed by atoms with Gasteiger partial charge in [0.15, 0.2) is 0 Å². The van der Waals surface area contributed by atoms with Crippen LogP contribution >= 0.6 is 0 Å². The van der Waals surface area contributed by atoms with Crippen LogP contribution in [0.4, 0.5) is 14.6 Å². The summed E-state index contributed by atoms with van der Waals surface area (Å²) in [5.41, 5.74) is -0.441. The third-order valence-corrected chi connectivity index (χ3v) is 6.34. The Labute approximate surface area is 190 Å². The Bertz CT molecular complexity index is 1130. The molecular weight excluding hydrogens is 430 g/mol. The molecule has 2 amide bonds. The van der Waals surface area contributed by atoms with Crippen molar-refractivity contribution in [1.29, 1.82) is 5.26 Å². The standard InChI is InChI=1S/C24H24F2N4O3/c1-33-20-10-15(25)5-6-17(20)18-11-21(28-12-19(18)26)30-22(31)14-3-2-4-16(9-14)29-23(32)24(13-27)7-8-24/h5-6,10-12,14,16H,2-4,7-9H2,1H3,(H,29,32)(H,28,30,31). The van der Waals surface area contributed by atoms with E-state index < -0.39 is 17.0 Å². The first-order chi connectivity index (χ1) is 15.8. The molecule has 4 rings (SSSR count). The van der Waals surface area contributed by atoms with Crippen LogP contribution in [-0.4, -0.2) is 29.9 Å². The monoisotopic (exact) mass is 454 g/mol. The third kappa shape index (κ3) is 4.80. The first kappa shape index (κ1) is 22.6. The maximum Gasteiger partial charge on any atom is 0.240 e. The van der Waals surface area contributed by atoms with E-state index in [0.717, 1.165) is 25.1 Å². The van der Waals surface area contributed by atoms with Crippen LogP contribution in [0.25, 0.3) is 11.1 Å². The van der Waals surface area contributed by atoms with Crippen LogP contribution in [0.3, 0.4) is 0 Å². The molecule has 0 saturated heterocycles. The molecule has 1 aromatic heterocycles. The van der Waals surface area contributed by atoms with Crippen LogP contribution in [0, 0.1) is 34.3 Å². The van der Waals surface area contributed by atoms with Gasteiger partial charge < -0.3 is 15.4 Å². The van der Waals surface area contributed by atoms with Crippen molar-refractivity contribution < 1.29 is 23.1 Å². The predicted molar refractivity (Wildman–Crippen MR) is 116 cm³/mol. The molecule has 9 heteroatoms. The minimum atomic E-state index is -0.898. The summed E-state index contributed by atoms with van der Waals surface area (Å²) in [4.78, 5) is 29.2. The second-order valence-corrected chi connectivity index (χ2v) is 8.61. The number of amides is 2. The lowest BCUT2D eigenvalue weighted by atomic mass is 9.84. The van der Waals surface area contributed by atoms with Crippen molar-refractivity contribution in [2.75, 3.05) is 12.4 Å². The molecule has 2 aromatic rings. The van der Waals surface area contributed by atoms with Gasteiger partial charge in [0.25, 0.3) is 0 Å². The van der Waals surface area contributed by atoms with E-state index in [4.69, 9.17) is 4.74 Å². The van der Waals surface area contributed by atoms with Crippen molar-refractivity contribution in [3.8, 4) is 22.9 Å². The highest BCUT2D eigenvalue weighted by Gasteiger charge is 2.51. The Morgan fingerprint density at radius 2 is 2.00 bits per heavy atom. The van der Waals surface area contributed by atoms with Gasteiger partial charge in [-0.3, -0.25) is 9.59 Å². The number of halogens is 2. The third-order valence-electron chi connectivity index (χ3n) is 6.34. The largest absolute Gasteiger partial charge is 0.496 e. The summed E-state index contributed by atoms with van der Waals surface area (Å²) in [6.45, 7) is 0. The number of pyridine rings is 1. The molecule has 172 valence electrons. The number of rotatable bonds is 6. The van der Waals surface area contributed by atoms with E-state index >= 15 is 0 Å². The minimum Gasteiger partial charge on any atom is -0.496 e. The molecule has 2 saturated carbocycles. The SMILES string of the molecule is COc1cc(F)ccc1-c1cc(NC(=O)C2CCCC(NC(=O)C3(C#N)CC3)C2)ncc1F. The van der Waals surface area contributed by atoms with E-state index in [0.29, 0.717) is 31.2 Å². The number of anilines is 1. The number of aromatic nitrogens is 1. The van der Waals surface area contributed by atoms with Gasteiger partial charge in [0.2, 0.25) is 11.8 Å². The predicted octanol–water partition coefficient (Wildman–Crippen LogP) is 3.95. The molecule has 2 aliphatic rings. The molecule has 0 bridgehead atoms. The molecule has 2 fully saturated rings. The lowest BCUT2D eigenvalue weighted by molar-refractivity contribution is -0.127. The topological polar surface area (TPSA) is 104 Å². The number of methoxy groups -OCH3 is 1. The lowest BCUT2D eigenvalue weighted by Gasteiger charge is -2.29. The molecule has 2 aliphatic carbocycles. The second kappa shape index (κ2) is 9.14. The quantitative estimate of drug-likeness (QED) is 0.688. The fourth-order valence-electron chi connectivity index (χ4n) is 4.23. The van der Waals surface area contributed by atoms with Gasteiger partial charge in [-0.15, -0.1) is 0 Å². The molecule has 0 radical (unpaired) electrons. The van der Waals surface area contributed by atoms with Gasteiger partial charge >= 0.3 is 0 Å². The zero-order valence-electron chi connectivity index (χ0n) is 18.2. The van der Waals surface area contributed by atoms with Crippen molar-refractivity contribution in [1.82, 2.24) is 10.3 Å². The van der Waals surface area contributed by atoms with Crippen molar-refractivity contribution in [3.63, 3.8) is 0 Å². The van der Waals surface area contributed by atoms with Crippen LogP contribution in [0.1, 0.15) is 38.5 Å². The Hall–Kier alpha value is -3.54. The van der Waals surface area contributed by atoms with Gasteiger partial charge in [-0.25, -0.2) is 13.8 Å². The fourth-order valence-corrected chi connectivity index (χ4v) is 4.23. The summed E-state index contributed by atoms with van der Waals surface area (Å²) in [6.07, 6.45) is 4.76. The molecule has 0 spiro atoms. The smallest absolute Gasteiger partial charge is 0.240 e. The van der Waals surface area contributed by atoms with Gasteiger partial charge in [0.05, 0.1) is 19.4 Å². The first-order valence-corrected chi connectivity index (χ1v) is 10.9. The van der Waals surface area contributed by atoms with Gasteiger partial charge in [-0.1, -0.05) is 6.42 Å². The summed E-state index contributed by atoms with van der Waals surface area (Å²) in [7, 11) is 1.36. The lowest BCUT2D eigenvalue weighted by Crippen LogP contribution is -2.43. The summed E-state index contributed by atoms with van der Waals surface area (Å²) in [6, 6.07) is 7.05. The van der Waals surface area contributed by atoms with Crippen molar-refractivity contribution in [3.05, 3.63) is 42.1 Å². The number of benzene rings is 1. The molecule has 2 N–H and O–H groups in total. The van der Waals surface area contributed by atoms with E-state index in [2.05, 4.69) is 21.7 Å². The van der Waals surface area contributed by atoms with Crippen molar-refractivity contribution >= 4 is 17.6 Å². The Balaban J connectivity index is 1.45. The fraction of sp³-hybridized carbons (Fsp3) is 0.417. The number of nitrogens with zero attached hydrogens (tertiary/aromatic N) is 2. The summed E-state index contributed by atoms with van der Waals surface area (Å²) in [5, 5.41) is 14.9. The van der Waals surface area contributed by atoms with E-state index in [1.807, 2.05) is 0 Å². The van der Waals surface area contributed by atoms with Crippen molar-refractivity contribution in [2.45, 2.75) is 44.6 Å². The number of nitriles is 1. The summed E-state index contributed by atoms with van der Waals surface area (Å²) >= 11 is 0.